The lowest BCUT2D eigenvalue weighted by atomic mass is 9.82. The fraction of sp³-hybridized carbons (Fsp3) is 1.00. The van der Waals surface area contributed by atoms with Crippen LogP contribution < -0.4 is 5.32 Å². The van der Waals surface area contributed by atoms with Gasteiger partial charge in [0.2, 0.25) is 0 Å². The molecule has 2 fully saturated rings. The summed E-state index contributed by atoms with van der Waals surface area (Å²) in [5, 5.41) is 3.61. The summed E-state index contributed by atoms with van der Waals surface area (Å²) in [6.45, 7) is 6.71. The van der Waals surface area contributed by atoms with Crippen molar-refractivity contribution in [3.63, 3.8) is 0 Å². The Kier molecular flexibility index (Phi) is 3.45. The van der Waals surface area contributed by atoms with E-state index in [9.17, 15) is 0 Å². The van der Waals surface area contributed by atoms with Crippen LogP contribution in [0.4, 0.5) is 0 Å². The van der Waals surface area contributed by atoms with Crippen molar-refractivity contribution in [2.45, 2.75) is 39.0 Å². The highest BCUT2D eigenvalue weighted by Crippen LogP contribution is 2.32. The lowest BCUT2D eigenvalue weighted by Gasteiger charge is -2.33. The van der Waals surface area contributed by atoms with E-state index in [0.29, 0.717) is 5.41 Å². The first-order chi connectivity index (χ1) is 6.79. The molecule has 0 amide bonds. The molecule has 0 aromatic carbocycles. The first-order valence-electron chi connectivity index (χ1n) is 6.07. The summed E-state index contributed by atoms with van der Waals surface area (Å²) >= 11 is 0. The van der Waals surface area contributed by atoms with Crippen LogP contribution in [0, 0.1) is 11.3 Å². The molecule has 1 heterocycles. The minimum atomic E-state index is 0.502. The minimum absolute atomic E-state index is 0.502. The Balaban J connectivity index is 1.57. The second-order valence-corrected chi connectivity index (χ2v) is 5.33. The van der Waals surface area contributed by atoms with E-state index < -0.39 is 0 Å². The molecule has 1 saturated heterocycles. The molecule has 82 valence electrons. The molecule has 0 bridgehead atoms. The Morgan fingerprint density at radius 3 is 2.64 bits per heavy atom. The van der Waals surface area contributed by atoms with Crippen LogP contribution in [0.3, 0.4) is 0 Å². The zero-order valence-electron chi connectivity index (χ0n) is 9.35. The average molecular weight is 197 g/mol. The SMILES string of the molecule is CC1(CNCCC2CC2)CCOCC1. The van der Waals surface area contributed by atoms with Crippen molar-refractivity contribution < 1.29 is 4.74 Å². The van der Waals surface area contributed by atoms with E-state index in [2.05, 4.69) is 12.2 Å². The summed E-state index contributed by atoms with van der Waals surface area (Å²) in [7, 11) is 0. The Morgan fingerprint density at radius 2 is 2.00 bits per heavy atom. The van der Waals surface area contributed by atoms with Gasteiger partial charge in [0.1, 0.15) is 0 Å². The fourth-order valence-corrected chi connectivity index (χ4v) is 2.14. The van der Waals surface area contributed by atoms with Gasteiger partial charge in [0.15, 0.2) is 0 Å². The Bertz CT molecular complexity index is 171. The topological polar surface area (TPSA) is 21.3 Å². The first kappa shape index (κ1) is 10.4. The van der Waals surface area contributed by atoms with Crippen molar-refractivity contribution in [2.24, 2.45) is 11.3 Å². The number of hydrogen-bond acceptors (Lipinski definition) is 2. The smallest absolute Gasteiger partial charge is 0.0471 e. The highest BCUT2D eigenvalue weighted by atomic mass is 16.5. The average Bonchev–Trinajstić information content (AvgIpc) is 2.97. The molecule has 0 radical (unpaired) electrons. The molecule has 0 unspecified atom stereocenters. The van der Waals surface area contributed by atoms with Gasteiger partial charge in [-0.1, -0.05) is 19.8 Å². The van der Waals surface area contributed by atoms with Gasteiger partial charge >= 0.3 is 0 Å². The maximum absolute atomic E-state index is 5.39. The lowest BCUT2D eigenvalue weighted by molar-refractivity contribution is 0.0241. The summed E-state index contributed by atoms with van der Waals surface area (Å²) in [4.78, 5) is 0. The Hall–Kier alpha value is -0.0800. The fourth-order valence-electron chi connectivity index (χ4n) is 2.14. The molecule has 1 aliphatic carbocycles. The van der Waals surface area contributed by atoms with Gasteiger partial charge in [-0.3, -0.25) is 0 Å². The molecule has 0 atom stereocenters. The van der Waals surface area contributed by atoms with Gasteiger partial charge in [-0.15, -0.1) is 0 Å². The van der Waals surface area contributed by atoms with Crippen LogP contribution in [0.25, 0.3) is 0 Å². The van der Waals surface area contributed by atoms with Gasteiger partial charge < -0.3 is 10.1 Å². The van der Waals surface area contributed by atoms with E-state index in [4.69, 9.17) is 4.74 Å². The number of rotatable bonds is 5. The van der Waals surface area contributed by atoms with Crippen molar-refractivity contribution in [1.82, 2.24) is 5.32 Å². The summed E-state index contributed by atoms with van der Waals surface area (Å²) < 4.78 is 5.39. The normalized spacial score (nSPS) is 26.4. The molecular formula is C12H23NO. The molecule has 0 aromatic rings. The van der Waals surface area contributed by atoms with Crippen molar-refractivity contribution in [1.29, 1.82) is 0 Å². The van der Waals surface area contributed by atoms with Crippen LogP contribution in [-0.2, 0) is 4.74 Å². The minimum Gasteiger partial charge on any atom is -0.381 e. The van der Waals surface area contributed by atoms with Crippen LogP contribution in [-0.4, -0.2) is 26.3 Å². The van der Waals surface area contributed by atoms with Crippen LogP contribution in [0.5, 0.6) is 0 Å². The molecule has 2 heteroatoms. The van der Waals surface area contributed by atoms with E-state index >= 15 is 0 Å². The van der Waals surface area contributed by atoms with Crippen LogP contribution >= 0.6 is 0 Å². The van der Waals surface area contributed by atoms with E-state index in [-0.39, 0.29) is 0 Å². The molecule has 14 heavy (non-hydrogen) atoms. The first-order valence-corrected chi connectivity index (χ1v) is 6.07. The quantitative estimate of drug-likeness (QED) is 0.682. The maximum atomic E-state index is 5.39. The Morgan fingerprint density at radius 1 is 1.29 bits per heavy atom. The van der Waals surface area contributed by atoms with Crippen molar-refractivity contribution >= 4 is 0 Å². The zero-order chi connectivity index (χ0) is 9.86. The van der Waals surface area contributed by atoms with Gasteiger partial charge in [-0.05, 0) is 37.1 Å². The zero-order valence-corrected chi connectivity index (χ0v) is 9.35. The second-order valence-electron chi connectivity index (χ2n) is 5.33. The van der Waals surface area contributed by atoms with Gasteiger partial charge in [0.25, 0.3) is 0 Å². The molecule has 0 spiro atoms. The summed E-state index contributed by atoms with van der Waals surface area (Å²) in [5.74, 6) is 1.06. The van der Waals surface area contributed by atoms with Gasteiger partial charge in [0.05, 0.1) is 0 Å². The molecular weight excluding hydrogens is 174 g/mol. The molecule has 2 rings (SSSR count). The van der Waals surface area contributed by atoms with Crippen LogP contribution in [0.15, 0.2) is 0 Å². The highest BCUT2D eigenvalue weighted by molar-refractivity contribution is 4.80. The third-order valence-corrected chi connectivity index (χ3v) is 3.68. The van der Waals surface area contributed by atoms with Gasteiger partial charge in [-0.25, -0.2) is 0 Å². The van der Waals surface area contributed by atoms with Crippen LogP contribution in [0.1, 0.15) is 39.0 Å². The highest BCUT2D eigenvalue weighted by Gasteiger charge is 2.27. The predicted molar refractivity (Wildman–Crippen MR) is 58.4 cm³/mol. The van der Waals surface area contributed by atoms with Crippen molar-refractivity contribution in [3.05, 3.63) is 0 Å². The Labute approximate surface area is 87.4 Å². The third-order valence-electron chi connectivity index (χ3n) is 3.68. The van der Waals surface area contributed by atoms with Crippen LogP contribution in [0.2, 0.25) is 0 Å². The number of hydrogen-bond donors (Lipinski definition) is 1. The molecule has 1 N–H and O–H groups in total. The molecule has 1 aliphatic heterocycles. The third kappa shape index (κ3) is 3.25. The largest absolute Gasteiger partial charge is 0.381 e. The molecule has 2 nitrogen and oxygen atoms in total. The maximum Gasteiger partial charge on any atom is 0.0471 e. The standard InChI is InChI=1S/C12H23NO/c1-12(5-8-14-9-6-12)10-13-7-4-11-2-3-11/h11,13H,2-10H2,1H3. The van der Waals surface area contributed by atoms with Gasteiger partial charge in [0, 0.05) is 19.8 Å². The number of nitrogens with one attached hydrogen (secondary N) is 1. The van der Waals surface area contributed by atoms with Gasteiger partial charge in [-0.2, -0.15) is 0 Å². The summed E-state index contributed by atoms with van der Waals surface area (Å²) in [6.07, 6.45) is 6.80. The monoisotopic (exact) mass is 197 g/mol. The molecule has 2 aliphatic rings. The molecule has 0 aromatic heterocycles. The number of ether oxygens (including phenoxy) is 1. The van der Waals surface area contributed by atoms with E-state index in [1.807, 2.05) is 0 Å². The molecule has 1 saturated carbocycles. The predicted octanol–water partition coefficient (Wildman–Crippen LogP) is 2.19. The van der Waals surface area contributed by atoms with E-state index in [1.165, 1.54) is 45.2 Å². The second kappa shape index (κ2) is 4.63. The van der Waals surface area contributed by atoms with Crippen molar-refractivity contribution in [2.75, 3.05) is 26.3 Å². The summed E-state index contributed by atoms with van der Waals surface area (Å²) in [5.41, 5.74) is 0.502. The van der Waals surface area contributed by atoms with Crippen molar-refractivity contribution in [3.8, 4) is 0 Å². The van der Waals surface area contributed by atoms with E-state index in [0.717, 1.165) is 19.1 Å². The van der Waals surface area contributed by atoms with E-state index in [1.54, 1.807) is 0 Å². The lowest BCUT2D eigenvalue weighted by Crippen LogP contribution is -2.37. The summed E-state index contributed by atoms with van der Waals surface area (Å²) in [6, 6.07) is 0.